The number of benzene rings is 12. The molecule has 79 heavy (non-hydrogen) atoms. The predicted molar refractivity (Wildman–Crippen MR) is 332 cm³/mol. The van der Waals surface area contributed by atoms with E-state index in [1.54, 1.807) is 0 Å². The summed E-state index contributed by atoms with van der Waals surface area (Å²) in [4.78, 5) is 4.79. The molecule has 5 heteroatoms. The summed E-state index contributed by atoms with van der Waals surface area (Å²) in [6, 6.07) is 87.3. The van der Waals surface area contributed by atoms with Gasteiger partial charge in [0.2, 0.25) is 0 Å². The minimum atomic E-state index is 0.370. The van der Waals surface area contributed by atoms with Gasteiger partial charge in [-0.3, -0.25) is 0 Å². The van der Waals surface area contributed by atoms with Gasteiger partial charge in [-0.15, -0.1) is 0 Å². The number of rotatable bonds is 10. The zero-order valence-electron chi connectivity index (χ0n) is 44.4. The number of nitrogens with zero attached hydrogens (tertiary/aromatic N) is 2. The van der Waals surface area contributed by atoms with Crippen molar-refractivity contribution in [3.63, 3.8) is 0 Å². The van der Waals surface area contributed by atoms with Crippen LogP contribution in [0.4, 0.5) is 34.1 Å². The summed E-state index contributed by atoms with van der Waals surface area (Å²) < 4.78 is 21.7. The molecular formula is C74H54N2O3. The highest BCUT2D eigenvalue weighted by molar-refractivity contribution is 6.26. The van der Waals surface area contributed by atoms with Crippen LogP contribution in [0.25, 0.3) is 110 Å². The van der Waals surface area contributed by atoms with Crippen molar-refractivity contribution in [2.75, 3.05) is 9.80 Å². The van der Waals surface area contributed by atoms with Gasteiger partial charge in [0.25, 0.3) is 0 Å². The monoisotopic (exact) mass is 1020 g/mol. The summed E-state index contributed by atoms with van der Waals surface area (Å²) in [5.74, 6) is 0.740. The van der Waals surface area contributed by atoms with Gasteiger partial charge in [-0.05, 0) is 82.6 Å². The van der Waals surface area contributed by atoms with Crippen LogP contribution in [0.5, 0.6) is 0 Å². The Morgan fingerprint density at radius 1 is 0.253 bits per heavy atom. The lowest BCUT2D eigenvalue weighted by molar-refractivity contribution is 0.670. The van der Waals surface area contributed by atoms with Crippen LogP contribution in [0.3, 0.4) is 0 Å². The lowest BCUT2D eigenvalue weighted by Crippen LogP contribution is -2.11. The first-order valence-corrected chi connectivity index (χ1v) is 27.5. The molecule has 0 aliphatic carbocycles. The summed E-state index contributed by atoms with van der Waals surface area (Å²) >= 11 is 0. The quantitative estimate of drug-likeness (QED) is 0.137. The third-order valence-corrected chi connectivity index (χ3v) is 16.2. The average Bonchev–Trinajstić information content (AvgIpc) is 4.43. The average molecular weight is 1020 g/mol. The Morgan fingerprint density at radius 3 is 0.962 bits per heavy atom. The minimum Gasteiger partial charge on any atom is -0.455 e. The first-order valence-electron chi connectivity index (χ1n) is 27.5. The highest BCUT2D eigenvalue weighted by Gasteiger charge is 2.28. The van der Waals surface area contributed by atoms with Crippen molar-refractivity contribution in [1.82, 2.24) is 0 Å². The Labute approximate surface area is 457 Å². The van der Waals surface area contributed by atoms with Crippen molar-refractivity contribution >= 4 is 121 Å². The number of fused-ring (bicyclic) bond motifs is 13. The van der Waals surface area contributed by atoms with Gasteiger partial charge in [0.05, 0.1) is 22.7 Å². The molecule has 0 saturated heterocycles. The van der Waals surface area contributed by atoms with Crippen LogP contribution < -0.4 is 9.80 Å². The second-order valence-electron chi connectivity index (χ2n) is 21.5. The third kappa shape index (κ3) is 7.45. The minimum absolute atomic E-state index is 0.370. The van der Waals surface area contributed by atoms with Crippen molar-refractivity contribution < 1.29 is 13.3 Å². The van der Waals surface area contributed by atoms with Crippen LogP contribution in [-0.4, -0.2) is 0 Å². The summed E-state index contributed by atoms with van der Waals surface area (Å²) in [5.41, 5.74) is 17.9. The van der Waals surface area contributed by atoms with Gasteiger partial charge in [0, 0.05) is 76.4 Å². The maximum atomic E-state index is 7.31. The molecule has 378 valence electrons. The van der Waals surface area contributed by atoms with Crippen LogP contribution in [0, 0.1) is 0 Å². The number of anilines is 6. The van der Waals surface area contributed by atoms with Gasteiger partial charge in [-0.2, -0.15) is 0 Å². The largest absolute Gasteiger partial charge is 0.455 e. The number of para-hydroxylation sites is 4. The van der Waals surface area contributed by atoms with Crippen molar-refractivity contribution in [2.45, 2.75) is 39.5 Å². The Bertz CT molecular complexity index is 4530. The van der Waals surface area contributed by atoms with E-state index in [2.05, 4.69) is 280 Å². The summed E-state index contributed by atoms with van der Waals surface area (Å²) in [7, 11) is 0. The summed E-state index contributed by atoms with van der Waals surface area (Å²) in [5, 5.41) is 10.4. The molecule has 3 heterocycles. The standard InChI is InChI=1S/C74H54N2O3/c1-45(2)47-35-39-51(40-36-47)75(65-33-17-31-61-59-29-15-27-53(69(59)78-73(61)65)49-19-7-5-8-20-49)67-43-63-64-44-68(56-24-12-14-26-58(56)72(64)77-71(63)57-25-13-11-23-55(57)67)76(52-41-37-48(38-42-52)46(3)4)66-34-18-32-62-60-30-16-28-54(70(60)79-74(62)66)50-21-9-6-10-22-50/h5-46H,1-4H3. The summed E-state index contributed by atoms with van der Waals surface area (Å²) in [6.45, 7) is 8.99. The molecule has 0 aliphatic heterocycles. The number of hydrogen-bond acceptors (Lipinski definition) is 5. The van der Waals surface area contributed by atoms with Gasteiger partial charge in [-0.1, -0.05) is 222 Å². The van der Waals surface area contributed by atoms with Crippen molar-refractivity contribution in [1.29, 1.82) is 0 Å². The molecule has 0 atom stereocenters. The zero-order chi connectivity index (χ0) is 52.9. The van der Waals surface area contributed by atoms with Crippen LogP contribution in [-0.2, 0) is 0 Å². The fourth-order valence-electron chi connectivity index (χ4n) is 12.2. The number of furan rings is 3. The molecule has 15 aromatic rings. The van der Waals surface area contributed by atoms with E-state index in [-0.39, 0.29) is 0 Å². The van der Waals surface area contributed by atoms with E-state index in [0.29, 0.717) is 11.8 Å². The smallest absolute Gasteiger partial charge is 0.159 e. The highest BCUT2D eigenvalue weighted by Crippen LogP contribution is 2.52. The van der Waals surface area contributed by atoms with E-state index in [0.717, 1.165) is 144 Å². The van der Waals surface area contributed by atoms with Gasteiger partial charge in [-0.25, -0.2) is 0 Å². The molecule has 5 nitrogen and oxygen atoms in total. The van der Waals surface area contributed by atoms with Crippen molar-refractivity contribution in [3.05, 3.63) is 254 Å². The second kappa shape index (κ2) is 18.4. The zero-order valence-corrected chi connectivity index (χ0v) is 44.4. The topological polar surface area (TPSA) is 45.9 Å². The van der Waals surface area contributed by atoms with Crippen LogP contribution >= 0.6 is 0 Å². The molecule has 12 aromatic carbocycles. The normalized spacial score (nSPS) is 12.0. The van der Waals surface area contributed by atoms with E-state index < -0.39 is 0 Å². The molecule has 0 radical (unpaired) electrons. The van der Waals surface area contributed by atoms with E-state index in [1.807, 2.05) is 0 Å². The Morgan fingerprint density at radius 2 is 0.570 bits per heavy atom. The fraction of sp³-hybridized carbons (Fsp3) is 0.0811. The molecule has 0 unspecified atom stereocenters. The van der Waals surface area contributed by atoms with Gasteiger partial charge >= 0.3 is 0 Å². The lowest BCUT2D eigenvalue weighted by Gasteiger charge is -2.28. The second-order valence-corrected chi connectivity index (χ2v) is 21.5. The summed E-state index contributed by atoms with van der Waals surface area (Å²) in [6.07, 6.45) is 0. The Kier molecular flexibility index (Phi) is 10.8. The maximum Gasteiger partial charge on any atom is 0.159 e. The van der Waals surface area contributed by atoms with Gasteiger partial charge in [0.1, 0.15) is 22.3 Å². The molecule has 0 fully saturated rings. The predicted octanol–water partition coefficient (Wildman–Crippen LogP) is 22.2. The molecule has 0 saturated carbocycles. The van der Waals surface area contributed by atoms with Crippen LogP contribution in [0.1, 0.15) is 50.7 Å². The molecule has 3 aromatic heterocycles. The molecule has 0 aliphatic rings. The maximum absolute atomic E-state index is 7.31. The third-order valence-electron chi connectivity index (χ3n) is 16.2. The van der Waals surface area contributed by atoms with E-state index in [1.165, 1.54) is 11.1 Å². The van der Waals surface area contributed by atoms with E-state index in [9.17, 15) is 0 Å². The van der Waals surface area contributed by atoms with Gasteiger partial charge in [0.15, 0.2) is 11.2 Å². The van der Waals surface area contributed by atoms with E-state index >= 15 is 0 Å². The molecule has 15 rings (SSSR count). The molecule has 0 amide bonds. The van der Waals surface area contributed by atoms with Crippen LogP contribution in [0.2, 0.25) is 0 Å². The Balaban J connectivity index is 1.01. The SMILES string of the molecule is CC(C)c1ccc(N(c2cc3c4cc(N(c5ccc(C(C)C)cc5)c5cccc6c5oc5c(-c7ccccc7)cccc56)c5ccccc5c4oc3c3ccccc23)c2cccc3c2oc2c(-c4ccccc4)cccc23)cc1. The molecule has 0 spiro atoms. The van der Waals surface area contributed by atoms with Crippen molar-refractivity contribution in [2.24, 2.45) is 0 Å². The highest BCUT2D eigenvalue weighted by atomic mass is 16.3. The first-order chi connectivity index (χ1) is 38.9. The molecular weight excluding hydrogens is 965 g/mol. The lowest BCUT2D eigenvalue weighted by atomic mass is 9.98. The molecule has 0 bridgehead atoms. The van der Waals surface area contributed by atoms with E-state index in [4.69, 9.17) is 13.3 Å². The first kappa shape index (κ1) is 46.5. The molecule has 0 N–H and O–H groups in total. The number of hydrogen-bond donors (Lipinski definition) is 0. The fourth-order valence-corrected chi connectivity index (χ4v) is 12.2. The van der Waals surface area contributed by atoms with Crippen molar-refractivity contribution in [3.8, 4) is 22.3 Å². The van der Waals surface area contributed by atoms with Crippen LogP contribution in [0.15, 0.2) is 256 Å². The van der Waals surface area contributed by atoms with Gasteiger partial charge < -0.3 is 23.1 Å². The Hall–Kier alpha value is -9.84.